The molecule has 0 radical (unpaired) electrons. The molecule has 1 aromatic heterocycles. The van der Waals surface area contributed by atoms with Gasteiger partial charge in [-0.05, 0) is 35.6 Å². The first-order valence-electron chi connectivity index (χ1n) is 7.98. The van der Waals surface area contributed by atoms with Crippen LogP contribution >= 0.6 is 22.9 Å². The zero-order chi connectivity index (χ0) is 16.9. The Hall–Kier alpha value is -1.85. The van der Waals surface area contributed by atoms with Crippen LogP contribution in [0.4, 0.5) is 0 Å². The van der Waals surface area contributed by atoms with Crippen LogP contribution in [0.5, 0.6) is 0 Å². The summed E-state index contributed by atoms with van der Waals surface area (Å²) in [6, 6.07) is 11.3. The second kappa shape index (κ2) is 7.81. The summed E-state index contributed by atoms with van der Waals surface area (Å²) in [6.45, 7) is 2.40. The molecule has 1 fully saturated rings. The predicted octanol–water partition coefficient (Wildman–Crippen LogP) is 3.32. The molecule has 0 unspecified atom stereocenters. The molecule has 24 heavy (non-hydrogen) atoms. The van der Waals surface area contributed by atoms with E-state index in [0.29, 0.717) is 44.0 Å². The molecule has 1 saturated heterocycles. The van der Waals surface area contributed by atoms with Gasteiger partial charge in [0.05, 0.1) is 4.88 Å². The van der Waals surface area contributed by atoms with Gasteiger partial charge in [0.1, 0.15) is 0 Å². The minimum absolute atomic E-state index is 0.0658. The number of hydrogen-bond acceptors (Lipinski definition) is 3. The number of hydrogen-bond donors (Lipinski definition) is 0. The zero-order valence-corrected chi connectivity index (χ0v) is 14.9. The van der Waals surface area contributed by atoms with E-state index in [4.69, 9.17) is 11.6 Å². The number of halogens is 1. The Kier molecular flexibility index (Phi) is 5.53. The van der Waals surface area contributed by atoms with Crippen LogP contribution in [0.15, 0.2) is 41.8 Å². The van der Waals surface area contributed by atoms with Gasteiger partial charge in [-0.25, -0.2) is 0 Å². The number of carbonyl (C=O) groups is 2. The molecule has 1 aromatic carbocycles. The van der Waals surface area contributed by atoms with Gasteiger partial charge in [-0.15, -0.1) is 11.3 Å². The highest BCUT2D eigenvalue weighted by Gasteiger charge is 2.24. The van der Waals surface area contributed by atoms with E-state index in [1.807, 2.05) is 51.6 Å². The van der Waals surface area contributed by atoms with E-state index in [-0.39, 0.29) is 11.8 Å². The molecule has 0 saturated carbocycles. The summed E-state index contributed by atoms with van der Waals surface area (Å²) in [5, 5.41) is 2.60. The van der Waals surface area contributed by atoms with Crippen molar-refractivity contribution >= 4 is 34.8 Å². The standard InChI is InChI=1S/C18H19ClN2O2S/c19-15-4-1-3-14(13-15)6-7-17(22)20-8-10-21(11-9-20)18(23)16-5-2-12-24-16/h1-5,12-13H,6-11H2. The van der Waals surface area contributed by atoms with Crippen LogP contribution in [0.2, 0.25) is 5.02 Å². The smallest absolute Gasteiger partial charge is 0.264 e. The van der Waals surface area contributed by atoms with Crippen molar-refractivity contribution in [2.75, 3.05) is 26.2 Å². The lowest BCUT2D eigenvalue weighted by Crippen LogP contribution is -2.50. The minimum atomic E-state index is 0.0658. The summed E-state index contributed by atoms with van der Waals surface area (Å²) < 4.78 is 0. The predicted molar refractivity (Wildman–Crippen MR) is 96.6 cm³/mol. The van der Waals surface area contributed by atoms with Gasteiger partial charge in [0.2, 0.25) is 5.91 Å². The number of thiophene rings is 1. The third-order valence-electron chi connectivity index (χ3n) is 4.17. The van der Waals surface area contributed by atoms with E-state index in [0.717, 1.165) is 10.4 Å². The van der Waals surface area contributed by atoms with Crippen molar-refractivity contribution in [3.8, 4) is 0 Å². The van der Waals surface area contributed by atoms with Crippen LogP contribution in [-0.4, -0.2) is 47.8 Å². The van der Waals surface area contributed by atoms with E-state index >= 15 is 0 Å². The van der Waals surface area contributed by atoms with Crippen molar-refractivity contribution in [3.05, 3.63) is 57.2 Å². The molecule has 0 spiro atoms. The van der Waals surface area contributed by atoms with Gasteiger partial charge in [0.25, 0.3) is 5.91 Å². The summed E-state index contributed by atoms with van der Waals surface area (Å²) in [6.07, 6.45) is 1.16. The highest BCUT2D eigenvalue weighted by molar-refractivity contribution is 7.12. The Balaban J connectivity index is 1.47. The maximum Gasteiger partial charge on any atom is 0.264 e. The van der Waals surface area contributed by atoms with Crippen molar-refractivity contribution < 1.29 is 9.59 Å². The SMILES string of the molecule is O=C(CCc1cccc(Cl)c1)N1CCN(C(=O)c2cccs2)CC1. The van der Waals surface area contributed by atoms with Crippen LogP contribution in [0.1, 0.15) is 21.7 Å². The molecule has 2 amide bonds. The van der Waals surface area contributed by atoms with Crippen molar-refractivity contribution in [1.82, 2.24) is 9.80 Å². The van der Waals surface area contributed by atoms with E-state index in [2.05, 4.69) is 0 Å². The first kappa shape index (κ1) is 17.0. The van der Waals surface area contributed by atoms with Crippen LogP contribution in [0.3, 0.4) is 0 Å². The summed E-state index contributed by atoms with van der Waals surface area (Å²) >= 11 is 7.42. The molecule has 0 bridgehead atoms. The molecule has 126 valence electrons. The monoisotopic (exact) mass is 362 g/mol. The highest BCUT2D eigenvalue weighted by atomic mass is 35.5. The molecular formula is C18H19ClN2O2S. The van der Waals surface area contributed by atoms with Crippen LogP contribution in [0, 0.1) is 0 Å². The van der Waals surface area contributed by atoms with Crippen LogP contribution < -0.4 is 0 Å². The Morgan fingerprint density at radius 3 is 2.46 bits per heavy atom. The van der Waals surface area contributed by atoms with Crippen molar-refractivity contribution in [1.29, 1.82) is 0 Å². The van der Waals surface area contributed by atoms with Gasteiger partial charge in [-0.3, -0.25) is 9.59 Å². The number of nitrogens with zero attached hydrogens (tertiary/aromatic N) is 2. The fraction of sp³-hybridized carbons (Fsp3) is 0.333. The Morgan fingerprint density at radius 2 is 1.79 bits per heavy atom. The molecular weight excluding hydrogens is 344 g/mol. The molecule has 4 nitrogen and oxygen atoms in total. The lowest BCUT2D eigenvalue weighted by atomic mass is 10.1. The molecule has 0 N–H and O–H groups in total. The Bertz CT molecular complexity index is 710. The summed E-state index contributed by atoms with van der Waals surface area (Å²) in [7, 11) is 0. The van der Waals surface area contributed by atoms with Crippen molar-refractivity contribution in [2.24, 2.45) is 0 Å². The van der Waals surface area contributed by atoms with E-state index in [1.165, 1.54) is 11.3 Å². The summed E-state index contributed by atoms with van der Waals surface area (Å²) in [4.78, 5) is 29.1. The summed E-state index contributed by atoms with van der Waals surface area (Å²) in [5.74, 6) is 0.203. The molecule has 1 aliphatic heterocycles. The highest BCUT2D eigenvalue weighted by Crippen LogP contribution is 2.15. The zero-order valence-electron chi connectivity index (χ0n) is 13.3. The number of piperazine rings is 1. The van der Waals surface area contributed by atoms with Crippen LogP contribution in [-0.2, 0) is 11.2 Å². The van der Waals surface area contributed by atoms with Crippen molar-refractivity contribution in [3.63, 3.8) is 0 Å². The van der Waals surface area contributed by atoms with E-state index < -0.39 is 0 Å². The number of amides is 2. The molecule has 1 aliphatic rings. The Labute approximate surface area is 150 Å². The first-order chi connectivity index (χ1) is 11.6. The normalized spacial score (nSPS) is 14.7. The summed E-state index contributed by atoms with van der Waals surface area (Å²) in [5.41, 5.74) is 1.07. The van der Waals surface area contributed by atoms with E-state index in [9.17, 15) is 9.59 Å². The third kappa shape index (κ3) is 4.16. The quantitative estimate of drug-likeness (QED) is 0.837. The third-order valence-corrected chi connectivity index (χ3v) is 5.26. The fourth-order valence-electron chi connectivity index (χ4n) is 2.82. The second-order valence-electron chi connectivity index (χ2n) is 5.78. The number of carbonyl (C=O) groups excluding carboxylic acids is 2. The van der Waals surface area contributed by atoms with Gasteiger partial charge in [-0.2, -0.15) is 0 Å². The van der Waals surface area contributed by atoms with Gasteiger partial charge in [0.15, 0.2) is 0 Å². The Morgan fingerprint density at radius 1 is 1.04 bits per heavy atom. The largest absolute Gasteiger partial charge is 0.339 e. The van der Waals surface area contributed by atoms with Crippen molar-refractivity contribution in [2.45, 2.75) is 12.8 Å². The fourth-order valence-corrected chi connectivity index (χ4v) is 3.72. The molecule has 2 aromatic rings. The molecule has 0 aliphatic carbocycles. The van der Waals surface area contributed by atoms with Gasteiger partial charge < -0.3 is 9.80 Å². The first-order valence-corrected chi connectivity index (χ1v) is 9.24. The van der Waals surface area contributed by atoms with Gasteiger partial charge in [-0.1, -0.05) is 29.8 Å². The molecule has 0 atom stereocenters. The molecule has 6 heteroatoms. The number of rotatable bonds is 4. The molecule has 2 heterocycles. The number of aryl methyl sites for hydroxylation is 1. The van der Waals surface area contributed by atoms with E-state index in [1.54, 1.807) is 0 Å². The molecule has 3 rings (SSSR count). The second-order valence-corrected chi connectivity index (χ2v) is 7.16. The maximum atomic E-state index is 12.4. The lowest BCUT2D eigenvalue weighted by molar-refractivity contribution is -0.132. The van der Waals surface area contributed by atoms with Gasteiger partial charge in [0, 0.05) is 37.6 Å². The number of benzene rings is 1. The van der Waals surface area contributed by atoms with Crippen LogP contribution in [0.25, 0.3) is 0 Å². The minimum Gasteiger partial charge on any atom is -0.339 e. The average molecular weight is 363 g/mol. The van der Waals surface area contributed by atoms with Gasteiger partial charge >= 0.3 is 0 Å². The average Bonchev–Trinajstić information content (AvgIpc) is 3.14. The lowest BCUT2D eigenvalue weighted by Gasteiger charge is -2.34. The topological polar surface area (TPSA) is 40.6 Å². The maximum absolute atomic E-state index is 12.4.